The third-order valence-corrected chi connectivity index (χ3v) is 2.95. The molecule has 3 nitrogen and oxygen atoms in total. The summed E-state index contributed by atoms with van der Waals surface area (Å²) < 4.78 is 0. The van der Waals surface area contributed by atoms with Gasteiger partial charge in [0.15, 0.2) is 0 Å². The predicted molar refractivity (Wildman–Crippen MR) is 75.2 cm³/mol. The van der Waals surface area contributed by atoms with Crippen LogP contribution in [0.25, 0.3) is 0 Å². The Hall–Kier alpha value is -1.35. The van der Waals surface area contributed by atoms with E-state index in [0.717, 1.165) is 25.7 Å². The number of nitrogens with one attached hydrogen (secondary N) is 2. The fourth-order valence-corrected chi connectivity index (χ4v) is 1.98. The molecular weight excluding hydrogens is 224 g/mol. The van der Waals surface area contributed by atoms with Crippen molar-refractivity contribution < 1.29 is 4.79 Å². The second kappa shape index (κ2) is 8.70. The van der Waals surface area contributed by atoms with Crippen LogP contribution in [0.1, 0.15) is 43.7 Å². The summed E-state index contributed by atoms with van der Waals surface area (Å²) >= 11 is 0. The maximum Gasteiger partial charge on any atom is 0.234 e. The van der Waals surface area contributed by atoms with Gasteiger partial charge in [-0.3, -0.25) is 10.2 Å². The van der Waals surface area contributed by atoms with Crippen LogP contribution in [0.4, 0.5) is 0 Å². The van der Waals surface area contributed by atoms with Crippen LogP contribution in [0.3, 0.4) is 0 Å². The minimum atomic E-state index is 0.0655. The van der Waals surface area contributed by atoms with Crippen LogP contribution in [0.5, 0.6) is 0 Å². The smallest absolute Gasteiger partial charge is 0.234 e. The molecule has 18 heavy (non-hydrogen) atoms. The second-order valence-corrected chi connectivity index (χ2v) is 4.57. The fourth-order valence-electron chi connectivity index (χ4n) is 1.98. The van der Waals surface area contributed by atoms with Gasteiger partial charge in [0.05, 0.1) is 0 Å². The number of carbonyl (C=O) groups excluding carboxylic acids is 1. The van der Waals surface area contributed by atoms with E-state index in [4.69, 9.17) is 0 Å². The highest BCUT2D eigenvalue weighted by molar-refractivity contribution is 5.75. The Kier molecular flexibility index (Phi) is 7.11. The molecule has 1 amide bonds. The van der Waals surface area contributed by atoms with Gasteiger partial charge in [-0.25, -0.2) is 5.43 Å². The lowest BCUT2D eigenvalue weighted by Gasteiger charge is -2.04. The highest BCUT2D eigenvalue weighted by Crippen LogP contribution is 2.10. The van der Waals surface area contributed by atoms with Gasteiger partial charge in [0.25, 0.3) is 0 Å². The zero-order valence-corrected chi connectivity index (χ0v) is 11.5. The minimum absolute atomic E-state index is 0.0655. The van der Waals surface area contributed by atoms with E-state index in [0.29, 0.717) is 6.42 Å². The van der Waals surface area contributed by atoms with E-state index in [-0.39, 0.29) is 5.91 Å². The molecule has 1 aromatic carbocycles. The molecule has 0 aliphatic rings. The first-order valence-corrected chi connectivity index (χ1v) is 6.79. The molecule has 0 radical (unpaired) electrons. The summed E-state index contributed by atoms with van der Waals surface area (Å²) in [6.07, 6.45) is 5.99. The van der Waals surface area contributed by atoms with Crippen molar-refractivity contribution in [3.8, 4) is 0 Å². The average Bonchev–Trinajstić information content (AvgIpc) is 2.37. The number of hydrazine groups is 1. The van der Waals surface area contributed by atoms with Crippen molar-refractivity contribution in [2.24, 2.45) is 0 Å². The van der Waals surface area contributed by atoms with Gasteiger partial charge in [0.1, 0.15) is 0 Å². The van der Waals surface area contributed by atoms with Gasteiger partial charge < -0.3 is 0 Å². The van der Waals surface area contributed by atoms with Crippen LogP contribution >= 0.6 is 0 Å². The van der Waals surface area contributed by atoms with E-state index in [1.807, 2.05) is 0 Å². The number of rotatable bonds is 8. The zero-order chi connectivity index (χ0) is 13.2. The molecule has 0 saturated heterocycles. The third-order valence-electron chi connectivity index (χ3n) is 2.95. The Labute approximate surface area is 110 Å². The van der Waals surface area contributed by atoms with Gasteiger partial charge in [-0.1, -0.05) is 37.6 Å². The van der Waals surface area contributed by atoms with Crippen molar-refractivity contribution in [2.45, 2.75) is 45.4 Å². The molecule has 0 spiro atoms. The van der Waals surface area contributed by atoms with E-state index in [1.165, 1.54) is 17.5 Å². The number of amides is 1. The first-order chi connectivity index (χ1) is 8.76. The number of carbonyl (C=O) groups is 1. The summed E-state index contributed by atoms with van der Waals surface area (Å²) in [5.74, 6) is 0.0655. The summed E-state index contributed by atoms with van der Waals surface area (Å²) in [5.41, 5.74) is 8.00. The Morgan fingerprint density at radius 1 is 1.06 bits per heavy atom. The van der Waals surface area contributed by atoms with Crippen LogP contribution in [0, 0.1) is 0 Å². The van der Waals surface area contributed by atoms with Crippen molar-refractivity contribution >= 4 is 5.91 Å². The molecule has 3 heteroatoms. The monoisotopic (exact) mass is 248 g/mol. The van der Waals surface area contributed by atoms with E-state index >= 15 is 0 Å². The topological polar surface area (TPSA) is 41.1 Å². The molecular formula is C15H24N2O. The number of unbranched alkanes of at least 4 members (excludes halogenated alkanes) is 1. The van der Waals surface area contributed by atoms with E-state index < -0.39 is 0 Å². The Morgan fingerprint density at radius 2 is 1.67 bits per heavy atom. The van der Waals surface area contributed by atoms with E-state index in [2.05, 4.69) is 42.0 Å². The molecule has 0 atom stereocenters. The summed E-state index contributed by atoms with van der Waals surface area (Å²) in [6, 6.07) is 8.84. The molecule has 100 valence electrons. The summed E-state index contributed by atoms with van der Waals surface area (Å²) in [4.78, 5) is 11.2. The van der Waals surface area contributed by atoms with E-state index in [9.17, 15) is 4.79 Å². The predicted octanol–water partition coefficient (Wildman–Crippen LogP) is 2.60. The number of hydrogen-bond acceptors (Lipinski definition) is 2. The van der Waals surface area contributed by atoms with E-state index in [1.54, 1.807) is 7.05 Å². The zero-order valence-electron chi connectivity index (χ0n) is 11.5. The molecule has 1 aromatic rings. The van der Waals surface area contributed by atoms with Gasteiger partial charge in [-0.2, -0.15) is 0 Å². The lowest BCUT2D eigenvalue weighted by Crippen LogP contribution is -2.33. The molecule has 0 fully saturated rings. The maximum atomic E-state index is 11.2. The van der Waals surface area contributed by atoms with Crippen molar-refractivity contribution in [3.63, 3.8) is 0 Å². The number of aryl methyl sites for hydroxylation is 2. The summed E-state index contributed by atoms with van der Waals surface area (Å²) in [7, 11) is 1.70. The van der Waals surface area contributed by atoms with Crippen molar-refractivity contribution in [1.82, 2.24) is 10.9 Å². The minimum Gasteiger partial charge on any atom is -0.292 e. The normalized spacial score (nSPS) is 10.3. The fraction of sp³-hybridized carbons (Fsp3) is 0.533. The SMILES string of the molecule is CCCc1ccc(CCCCC(=O)NNC)cc1. The molecule has 0 aromatic heterocycles. The van der Waals surface area contributed by atoms with Crippen LogP contribution < -0.4 is 10.9 Å². The molecule has 0 heterocycles. The van der Waals surface area contributed by atoms with Crippen LogP contribution in [-0.2, 0) is 17.6 Å². The molecule has 0 saturated carbocycles. The van der Waals surface area contributed by atoms with Crippen molar-refractivity contribution in [2.75, 3.05) is 7.05 Å². The first kappa shape index (κ1) is 14.7. The average molecular weight is 248 g/mol. The van der Waals surface area contributed by atoms with Crippen molar-refractivity contribution in [3.05, 3.63) is 35.4 Å². The molecule has 0 aliphatic heterocycles. The van der Waals surface area contributed by atoms with Gasteiger partial charge in [0, 0.05) is 13.5 Å². The van der Waals surface area contributed by atoms with Crippen LogP contribution in [0.15, 0.2) is 24.3 Å². The van der Waals surface area contributed by atoms with Gasteiger partial charge in [-0.05, 0) is 36.8 Å². The highest BCUT2D eigenvalue weighted by atomic mass is 16.2. The van der Waals surface area contributed by atoms with Crippen LogP contribution in [-0.4, -0.2) is 13.0 Å². The molecule has 0 unspecified atom stereocenters. The highest BCUT2D eigenvalue weighted by Gasteiger charge is 1.99. The lowest BCUT2D eigenvalue weighted by atomic mass is 10.0. The number of benzene rings is 1. The van der Waals surface area contributed by atoms with Gasteiger partial charge in [-0.15, -0.1) is 0 Å². The summed E-state index contributed by atoms with van der Waals surface area (Å²) in [5, 5.41) is 0. The quantitative estimate of drug-likeness (QED) is 0.548. The Balaban J connectivity index is 2.21. The first-order valence-electron chi connectivity index (χ1n) is 6.79. The Bertz CT molecular complexity index is 346. The molecule has 0 aliphatic carbocycles. The number of hydrogen-bond donors (Lipinski definition) is 2. The standard InChI is InChI=1S/C15H24N2O/c1-3-6-13-9-11-14(12-10-13)7-4-5-8-15(18)17-16-2/h9-12,16H,3-8H2,1-2H3,(H,17,18). The molecule has 1 rings (SSSR count). The Morgan fingerprint density at radius 3 is 2.22 bits per heavy atom. The lowest BCUT2D eigenvalue weighted by molar-refractivity contribution is -0.122. The second-order valence-electron chi connectivity index (χ2n) is 4.57. The third kappa shape index (κ3) is 5.82. The maximum absolute atomic E-state index is 11.2. The summed E-state index contributed by atoms with van der Waals surface area (Å²) in [6.45, 7) is 2.20. The molecule has 0 bridgehead atoms. The molecule has 2 N–H and O–H groups in total. The van der Waals surface area contributed by atoms with Crippen molar-refractivity contribution in [1.29, 1.82) is 0 Å². The largest absolute Gasteiger partial charge is 0.292 e. The van der Waals surface area contributed by atoms with Gasteiger partial charge in [0.2, 0.25) is 5.91 Å². The van der Waals surface area contributed by atoms with Crippen LogP contribution in [0.2, 0.25) is 0 Å². The van der Waals surface area contributed by atoms with Gasteiger partial charge >= 0.3 is 0 Å².